The van der Waals surface area contributed by atoms with Crippen molar-refractivity contribution in [1.82, 2.24) is 20.9 Å². The zero-order valence-electron chi connectivity index (χ0n) is 15.1. The summed E-state index contributed by atoms with van der Waals surface area (Å²) in [5, 5.41) is 8.74. The second-order valence-corrected chi connectivity index (χ2v) is 5.50. The minimum atomic E-state index is -4.42. The first-order chi connectivity index (χ1) is 12.9. The van der Waals surface area contributed by atoms with E-state index in [9.17, 15) is 18.0 Å². The van der Waals surface area contributed by atoms with Crippen LogP contribution < -0.4 is 16.0 Å². The topological polar surface area (TPSA) is 78.4 Å². The zero-order valence-corrected chi connectivity index (χ0v) is 17.4. The summed E-state index contributed by atoms with van der Waals surface area (Å²) in [6.07, 6.45) is -2.72. The minimum absolute atomic E-state index is 0. The Balaban J connectivity index is 0.00000392. The monoisotopic (exact) mass is 507 g/mol. The molecule has 1 heterocycles. The number of amides is 1. The first kappa shape index (κ1) is 23.7. The molecule has 0 bridgehead atoms. The molecule has 28 heavy (non-hydrogen) atoms. The van der Waals surface area contributed by atoms with Gasteiger partial charge in [-0.15, -0.1) is 24.0 Å². The van der Waals surface area contributed by atoms with Crippen LogP contribution in [0.5, 0.6) is 0 Å². The van der Waals surface area contributed by atoms with Crippen LogP contribution in [0.1, 0.15) is 21.6 Å². The van der Waals surface area contributed by atoms with Gasteiger partial charge in [-0.05, 0) is 36.4 Å². The van der Waals surface area contributed by atoms with Crippen LogP contribution in [-0.4, -0.2) is 37.0 Å². The van der Waals surface area contributed by atoms with Gasteiger partial charge in [0.1, 0.15) is 0 Å². The molecule has 2 aromatic rings. The molecule has 0 aliphatic carbocycles. The van der Waals surface area contributed by atoms with Crippen molar-refractivity contribution in [2.75, 3.05) is 20.1 Å². The molecule has 0 aliphatic rings. The number of halogens is 4. The number of carbonyl (C=O) groups excluding carboxylic acids is 1. The van der Waals surface area contributed by atoms with Gasteiger partial charge in [-0.2, -0.15) is 13.2 Å². The molecule has 152 valence electrons. The van der Waals surface area contributed by atoms with Gasteiger partial charge in [-0.1, -0.05) is 6.07 Å². The van der Waals surface area contributed by atoms with E-state index in [0.29, 0.717) is 19.0 Å². The SMILES string of the molecule is CN=C(NCCNC(=O)c1ccc(C(F)(F)F)cc1)NCc1ccccn1.I. The molecule has 6 nitrogen and oxygen atoms in total. The average molecular weight is 507 g/mol. The molecule has 1 aromatic heterocycles. The van der Waals surface area contributed by atoms with E-state index in [1.54, 1.807) is 13.2 Å². The number of hydrogen-bond donors (Lipinski definition) is 3. The molecule has 0 unspecified atom stereocenters. The van der Waals surface area contributed by atoms with Gasteiger partial charge in [0, 0.05) is 31.9 Å². The Labute approximate surface area is 178 Å². The van der Waals surface area contributed by atoms with E-state index in [4.69, 9.17) is 0 Å². The predicted octanol–water partition coefficient (Wildman–Crippen LogP) is 2.81. The average Bonchev–Trinajstić information content (AvgIpc) is 2.67. The number of aromatic nitrogens is 1. The number of aliphatic imine (C=N–C) groups is 1. The highest BCUT2D eigenvalue weighted by molar-refractivity contribution is 14.0. The highest BCUT2D eigenvalue weighted by Gasteiger charge is 2.30. The van der Waals surface area contributed by atoms with Crippen molar-refractivity contribution in [3.63, 3.8) is 0 Å². The number of alkyl halides is 3. The Bertz CT molecular complexity index is 767. The van der Waals surface area contributed by atoms with Crippen molar-refractivity contribution in [3.8, 4) is 0 Å². The second-order valence-electron chi connectivity index (χ2n) is 5.50. The molecule has 0 fully saturated rings. The summed E-state index contributed by atoms with van der Waals surface area (Å²) >= 11 is 0. The Morgan fingerprint density at radius 2 is 1.71 bits per heavy atom. The number of guanidine groups is 1. The van der Waals surface area contributed by atoms with Gasteiger partial charge in [0.15, 0.2) is 5.96 Å². The van der Waals surface area contributed by atoms with Crippen molar-refractivity contribution < 1.29 is 18.0 Å². The number of carbonyl (C=O) groups is 1. The molecule has 0 saturated heterocycles. The van der Waals surface area contributed by atoms with E-state index in [0.717, 1.165) is 30.0 Å². The molecule has 1 amide bonds. The molecule has 1 aromatic carbocycles. The molecule has 0 radical (unpaired) electrons. The van der Waals surface area contributed by atoms with Crippen molar-refractivity contribution >= 4 is 35.8 Å². The van der Waals surface area contributed by atoms with E-state index in [1.165, 1.54) is 0 Å². The summed E-state index contributed by atoms with van der Waals surface area (Å²) < 4.78 is 37.6. The van der Waals surface area contributed by atoms with Crippen LogP contribution in [0.25, 0.3) is 0 Å². The summed E-state index contributed by atoms with van der Waals surface area (Å²) in [4.78, 5) is 20.2. The number of benzene rings is 1. The van der Waals surface area contributed by atoms with Crippen LogP contribution in [-0.2, 0) is 12.7 Å². The third-order valence-electron chi connectivity index (χ3n) is 3.56. The maximum Gasteiger partial charge on any atom is 0.416 e. The van der Waals surface area contributed by atoms with Crippen molar-refractivity contribution in [2.24, 2.45) is 4.99 Å². The number of nitrogens with zero attached hydrogens (tertiary/aromatic N) is 2. The lowest BCUT2D eigenvalue weighted by molar-refractivity contribution is -0.137. The number of pyridine rings is 1. The first-order valence-corrected chi connectivity index (χ1v) is 8.20. The second kappa shape index (κ2) is 11.5. The summed E-state index contributed by atoms with van der Waals surface area (Å²) in [6.45, 7) is 1.18. The van der Waals surface area contributed by atoms with Gasteiger partial charge < -0.3 is 16.0 Å². The number of hydrogen-bond acceptors (Lipinski definition) is 3. The van der Waals surface area contributed by atoms with Crippen LogP contribution in [0.15, 0.2) is 53.7 Å². The third kappa shape index (κ3) is 7.71. The summed E-state index contributed by atoms with van der Waals surface area (Å²) in [5.74, 6) is 0.103. The molecule has 0 saturated carbocycles. The van der Waals surface area contributed by atoms with E-state index in [1.807, 2.05) is 18.2 Å². The van der Waals surface area contributed by atoms with Crippen LogP contribution in [0.4, 0.5) is 13.2 Å². The Morgan fingerprint density at radius 1 is 1.04 bits per heavy atom. The van der Waals surface area contributed by atoms with E-state index in [2.05, 4.69) is 25.9 Å². The maximum absolute atomic E-state index is 12.5. The molecule has 0 spiro atoms. The Hall–Kier alpha value is -2.37. The Morgan fingerprint density at radius 3 is 2.29 bits per heavy atom. The third-order valence-corrected chi connectivity index (χ3v) is 3.56. The van der Waals surface area contributed by atoms with Crippen molar-refractivity contribution in [1.29, 1.82) is 0 Å². The number of nitrogens with one attached hydrogen (secondary N) is 3. The van der Waals surface area contributed by atoms with Crippen LogP contribution in [0.2, 0.25) is 0 Å². The van der Waals surface area contributed by atoms with E-state index >= 15 is 0 Å². The molecular weight excluding hydrogens is 486 g/mol. The summed E-state index contributed by atoms with van der Waals surface area (Å²) in [7, 11) is 1.62. The van der Waals surface area contributed by atoms with Crippen LogP contribution in [0.3, 0.4) is 0 Å². The molecule has 2 rings (SSSR count). The largest absolute Gasteiger partial charge is 0.416 e. The van der Waals surface area contributed by atoms with Crippen LogP contribution in [0, 0.1) is 0 Å². The first-order valence-electron chi connectivity index (χ1n) is 8.20. The van der Waals surface area contributed by atoms with Gasteiger partial charge >= 0.3 is 6.18 Å². The summed E-state index contributed by atoms with van der Waals surface area (Å²) in [6, 6.07) is 9.67. The standard InChI is InChI=1S/C18H20F3N5O.HI/c1-22-17(26-12-15-4-2-3-9-23-15)25-11-10-24-16(27)13-5-7-14(8-6-13)18(19,20)21;/h2-9H,10-12H2,1H3,(H,24,27)(H2,22,25,26);1H. The van der Waals surface area contributed by atoms with Gasteiger partial charge in [-0.25, -0.2) is 0 Å². The van der Waals surface area contributed by atoms with Gasteiger partial charge in [0.2, 0.25) is 0 Å². The fourth-order valence-electron chi connectivity index (χ4n) is 2.17. The zero-order chi connectivity index (χ0) is 19.7. The van der Waals surface area contributed by atoms with E-state index < -0.39 is 17.6 Å². The highest BCUT2D eigenvalue weighted by atomic mass is 127. The smallest absolute Gasteiger partial charge is 0.355 e. The molecular formula is C18H21F3IN5O. The quantitative estimate of drug-likeness (QED) is 0.243. The molecule has 10 heteroatoms. The fourth-order valence-corrected chi connectivity index (χ4v) is 2.17. The van der Waals surface area contributed by atoms with Crippen LogP contribution >= 0.6 is 24.0 Å². The maximum atomic E-state index is 12.5. The molecule has 3 N–H and O–H groups in total. The van der Waals surface area contributed by atoms with Crippen molar-refractivity contribution in [3.05, 3.63) is 65.5 Å². The van der Waals surface area contributed by atoms with Crippen molar-refractivity contribution in [2.45, 2.75) is 12.7 Å². The summed E-state index contributed by atoms with van der Waals surface area (Å²) in [5.41, 5.74) is 0.236. The fraction of sp³-hybridized carbons (Fsp3) is 0.278. The lowest BCUT2D eigenvalue weighted by atomic mass is 10.1. The lowest BCUT2D eigenvalue weighted by Crippen LogP contribution is -2.41. The van der Waals surface area contributed by atoms with Gasteiger partial charge in [-0.3, -0.25) is 14.8 Å². The van der Waals surface area contributed by atoms with Gasteiger partial charge in [0.05, 0.1) is 17.8 Å². The van der Waals surface area contributed by atoms with E-state index in [-0.39, 0.29) is 36.1 Å². The predicted molar refractivity (Wildman–Crippen MR) is 112 cm³/mol. The minimum Gasteiger partial charge on any atom is -0.355 e. The Kier molecular flexibility index (Phi) is 9.69. The normalized spacial score (nSPS) is 11.4. The number of rotatable bonds is 6. The van der Waals surface area contributed by atoms with Gasteiger partial charge in [0.25, 0.3) is 5.91 Å². The highest BCUT2D eigenvalue weighted by Crippen LogP contribution is 2.28. The lowest BCUT2D eigenvalue weighted by Gasteiger charge is -2.12. The molecule has 0 atom stereocenters. The molecule has 0 aliphatic heterocycles.